The van der Waals surface area contributed by atoms with Gasteiger partial charge in [-0.3, -0.25) is 14.9 Å². The van der Waals surface area contributed by atoms with Crippen LogP contribution in [0.3, 0.4) is 0 Å². The summed E-state index contributed by atoms with van der Waals surface area (Å²) in [5.74, 6) is 0.239. The van der Waals surface area contributed by atoms with Crippen molar-refractivity contribution in [2.45, 2.75) is 26.3 Å². The predicted molar refractivity (Wildman–Crippen MR) is 86.7 cm³/mol. The van der Waals surface area contributed by atoms with E-state index in [1.54, 1.807) is 30.1 Å². The smallest absolute Gasteiger partial charge is 0.292 e. The zero-order chi connectivity index (χ0) is 16.7. The molecule has 0 radical (unpaired) electrons. The molecule has 0 spiro atoms. The lowest BCUT2D eigenvalue weighted by Crippen LogP contribution is -2.37. The summed E-state index contributed by atoms with van der Waals surface area (Å²) in [5.41, 5.74) is 6.25. The highest BCUT2D eigenvalue weighted by atomic mass is 16.6. The molecule has 0 saturated carbocycles. The van der Waals surface area contributed by atoms with Crippen LogP contribution in [0.15, 0.2) is 24.3 Å². The highest BCUT2D eigenvalue weighted by Gasteiger charge is 2.15. The van der Waals surface area contributed by atoms with Crippen molar-refractivity contribution in [2.24, 2.45) is 11.7 Å². The van der Waals surface area contributed by atoms with Crippen LogP contribution in [0.4, 0.5) is 11.4 Å². The summed E-state index contributed by atoms with van der Waals surface area (Å²) >= 11 is 0. The number of para-hydroxylation sites is 2. The molecule has 1 rings (SSSR count). The lowest BCUT2D eigenvalue weighted by molar-refractivity contribution is -0.383. The average molecular weight is 308 g/mol. The molecular weight excluding hydrogens is 284 g/mol. The van der Waals surface area contributed by atoms with E-state index in [0.717, 1.165) is 6.42 Å². The minimum atomic E-state index is -0.474. The summed E-state index contributed by atoms with van der Waals surface area (Å²) in [7, 11) is 1.70. The standard InChI is InChI=1S/C15H24N4O3/c1-11(2)12(16)8-9-18(3)15(20)10-17-13-6-4-5-7-14(13)19(21)22/h4-7,11-12,17H,8-10,16H2,1-3H3. The van der Waals surface area contributed by atoms with Gasteiger partial charge >= 0.3 is 0 Å². The monoisotopic (exact) mass is 308 g/mol. The number of nitrogens with one attached hydrogen (secondary N) is 1. The molecule has 0 aliphatic heterocycles. The van der Waals surface area contributed by atoms with E-state index in [2.05, 4.69) is 5.32 Å². The first kappa shape index (κ1) is 17.9. The molecule has 1 unspecified atom stereocenters. The van der Waals surface area contributed by atoms with Crippen molar-refractivity contribution in [1.29, 1.82) is 0 Å². The number of nitrogens with two attached hydrogens (primary N) is 1. The Labute approximate surface area is 130 Å². The molecule has 22 heavy (non-hydrogen) atoms. The van der Waals surface area contributed by atoms with Crippen molar-refractivity contribution < 1.29 is 9.72 Å². The van der Waals surface area contributed by atoms with Crippen molar-refractivity contribution in [2.75, 3.05) is 25.5 Å². The van der Waals surface area contributed by atoms with Crippen molar-refractivity contribution in [3.05, 3.63) is 34.4 Å². The molecule has 122 valence electrons. The van der Waals surface area contributed by atoms with Crippen molar-refractivity contribution in [3.8, 4) is 0 Å². The van der Waals surface area contributed by atoms with Crippen LogP contribution >= 0.6 is 0 Å². The second kappa shape index (κ2) is 8.33. The number of nitro groups is 1. The molecule has 0 saturated heterocycles. The number of nitro benzene ring substituents is 1. The lowest BCUT2D eigenvalue weighted by atomic mass is 10.0. The topological polar surface area (TPSA) is 102 Å². The van der Waals surface area contributed by atoms with Gasteiger partial charge in [-0.2, -0.15) is 0 Å². The number of hydrogen-bond donors (Lipinski definition) is 2. The molecule has 3 N–H and O–H groups in total. The van der Waals surface area contributed by atoms with Gasteiger partial charge in [-0.05, 0) is 18.4 Å². The van der Waals surface area contributed by atoms with E-state index >= 15 is 0 Å². The van der Waals surface area contributed by atoms with Gasteiger partial charge in [-0.25, -0.2) is 0 Å². The fourth-order valence-corrected chi connectivity index (χ4v) is 1.89. The van der Waals surface area contributed by atoms with Crippen LogP contribution in [0, 0.1) is 16.0 Å². The average Bonchev–Trinajstić information content (AvgIpc) is 2.49. The number of benzene rings is 1. The van der Waals surface area contributed by atoms with E-state index in [9.17, 15) is 14.9 Å². The summed E-state index contributed by atoms with van der Waals surface area (Å²) in [6.07, 6.45) is 0.728. The Bertz CT molecular complexity index is 519. The Morgan fingerprint density at radius 2 is 2.05 bits per heavy atom. The van der Waals surface area contributed by atoms with Gasteiger partial charge in [0, 0.05) is 25.7 Å². The Hall–Kier alpha value is -2.15. The largest absolute Gasteiger partial charge is 0.371 e. The molecule has 0 aliphatic rings. The van der Waals surface area contributed by atoms with Crippen LogP contribution in [0.1, 0.15) is 20.3 Å². The van der Waals surface area contributed by atoms with E-state index in [-0.39, 0.29) is 24.2 Å². The fourth-order valence-electron chi connectivity index (χ4n) is 1.89. The van der Waals surface area contributed by atoms with Gasteiger partial charge in [0.1, 0.15) is 5.69 Å². The van der Waals surface area contributed by atoms with Gasteiger partial charge in [0.2, 0.25) is 5.91 Å². The number of rotatable bonds is 8. The number of carbonyl (C=O) groups is 1. The number of carbonyl (C=O) groups excluding carboxylic acids is 1. The number of amides is 1. The zero-order valence-corrected chi connectivity index (χ0v) is 13.3. The summed E-state index contributed by atoms with van der Waals surface area (Å²) in [5, 5.41) is 13.7. The maximum absolute atomic E-state index is 12.0. The fraction of sp³-hybridized carbons (Fsp3) is 0.533. The third kappa shape index (κ3) is 5.33. The molecule has 1 atom stereocenters. The Morgan fingerprint density at radius 3 is 2.64 bits per heavy atom. The van der Waals surface area contributed by atoms with Gasteiger partial charge in [-0.1, -0.05) is 26.0 Å². The van der Waals surface area contributed by atoms with Crippen molar-refractivity contribution >= 4 is 17.3 Å². The quantitative estimate of drug-likeness (QED) is 0.563. The van der Waals surface area contributed by atoms with Crippen LogP contribution in [0.25, 0.3) is 0 Å². The van der Waals surface area contributed by atoms with E-state index in [1.807, 2.05) is 13.8 Å². The highest BCUT2D eigenvalue weighted by Crippen LogP contribution is 2.22. The molecule has 0 fully saturated rings. The van der Waals surface area contributed by atoms with Gasteiger partial charge in [-0.15, -0.1) is 0 Å². The van der Waals surface area contributed by atoms with E-state index in [0.29, 0.717) is 18.2 Å². The third-order valence-corrected chi connectivity index (χ3v) is 3.61. The predicted octanol–water partition coefficient (Wildman–Crippen LogP) is 1.84. The van der Waals surface area contributed by atoms with Crippen LogP contribution in [-0.2, 0) is 4.79 Å². The molecule has 1 aromatic rings. The van der Waals surface area contributed by atoms with Gasteiger partial charge < -0.3 is 16.0 Å². The second-order valence-corrected chi connectivity index (χ2v) is 5.64. The van der Waals surface area contributed by atoms with Gasteiger partial charge in [0.15, 0.2) is 0 Å². The van der Waals surface area contributed by atoms with Gasteiger partial charge in [0.25, 0.3) is 5.69 Å². The summed E-state index contributed by atoms with van der Waals surface area (Å²) in [4.78, 5) is 24.0. The zero-order valence-electron chi connectivity index (χ0n) is 13.3. The molecule has 0 bridgehead atoms. The van der Waals surface area contributed by atoms with Crippen LogP contribution in [-0.4, -0.2) is 41.9 Å². The molecular formula is C15H24N4O3. The Kier molecular flexibility index (Phi) is 6.78. The van der Waals surface area contributed by atoms with E-state index in [4.69, 9.17) is 5.73 Å². The van der Waals surface area contributed by atoms with E-state index < -0.39 is 4.92 Å². The van der Waals surface area contributed by atoms with Crippen LogP contribution < -0.4 is 11.1 Å². The first-order valence-corrected chi connectivity index (χ1v) is 7.29. The molecule has 1 aromatic carbocycles. The van der Waals surface area contributed by atoms with Gasteiger partial charge in [0.05, 0.1) is 11.5 Å². The summed E-state index contributed by atoms with van der Waals surface area (Å²) < 4.78 is 0. The molecule has 7 heteroatoms. The third-order valence-electron chi connectivity index (χ3n) is 3.61. The van der Waals surface area contributed by atoms with Crippen molar-refractivity contribution in [1.82, 2.24) is 4.90 Å². The number of likely N-dealkylation sites (N-methyl/N-ethyl adjacent to an activating group) is 1. The molecule has 0 aliphatic carbocycles. The molecule has 7 nitrogen and oxygen atoms in total. The van der Waals surface area contributed by atoms with E-state index in [1.165, 1.54) is 6.07 Å². The van der Waals surface area contributed by atoms with Crippen LogP contribution in [0.5, 0.6) is 0 Å². The minimum Gasteiger partial charge on any atom is -0.371 e. The Morgan fingerprint density at radius 1 is 1.41 bits per heavy atom. The first-order valence-electron chi connectivity index (χ1n) is 7.29. The minimum absolute atomic E-state index is 0.0122. The van der Waals surface area contributed by atoms with Crippen LogP contribution in [0.2, 0.25) is 0 Å². The number of nitrogens with zero attached hydrogens (tertiary/aromatic N) is 2. The Balaban J connectivity index is 2.51. The highest BCUT2D eigenvalue weighted by molar-refractivity contribution is 5.81. The SMILES string of the molecule is CC(C)C(N)CCN(C)C(=O)CNc1ccccc1[N+](=O)[O-]. The summed E-state index contributed by atoms with van der Waals surface area (Å²) in [6.45, 7) is 4.67. The molecule has 1 amide bonds. The second-order valence-electron chi connectivity index (χ2n) is 5.64. The maximum Gasteiger partial charge on any atom is 0.292 e. The summed E-state index contributed by atoms with van der Waals surface area (Å²) in [6, 6.07) is 6.31. The number of anilines is 1. The molecule has 0 aromatic heterocycles. The first-order chi connectivity index (χ1) is 10.3. The maximum atomic E-state index is 12.0. The number of hydrogen-bond acceptors (Lipinski definition) is 5. The normalized spacial score (nSPS) is 12.0. The van der Waals surface area contributed by atoms with Crippen molar-refractivity contribution in [3.63, 3.8) is 0 Å². The molecule has 0 heterocycles. The lowest BCUT2D eigenvalue weighted by Gasteiger charge is -2.21.